The van der Waals surface area contributed by atoms with Crippen LogP contribution in [0.4, 0.5) is 0 Å². The second kappa shape index (κ2) is 64.6. The van der Waals surface area contributed by atoms with E-state index in [0.717, 1.165) is 83.5 Å². The second-order valence-electron chi connectivity index (χ2n) is 23.1. The number of rotatable bonds is 63. The fourth-order valence-corrected chi connectivity index (χ4v) is 10.5. The zero-order chi connectivity index (χ0) is 54.3. The predicted octanol–water partition coefficient (Wildman–Crippen LogP) is 21.5. The lowest BCUT2D eigenvalue weighted by atomic mass is 10.0. The molecule has 0 aromatic rings. The molecular formula is C69H131NO5. The van der Waals surface area contributed by atoms with Gasteiger partial charge in [0.25, 0.3) is 0 Å². The molecule has 0 saturated heterocycles. The zero-order valence-corrected chi connectivity index (χ0v) is 50.5. The molecule has 0 aromatic carbocycles. The van der Waals surface area contributed by atoms with Gasteiger partial charge in [-0.2, -0.15) is 0 Å². The van der Waals surface area contributed by atoms with Crippen LogP contribution in [0.25, 0.3) is 0 Å². The highest BCUT2D eigenvalue weighted by Crippen LogP contribution is 2.18. The molecule has 0 radical (unpaired) electrons. The number of carbonyl (C=O) groups is 2. The van der Waals surface area contributed by atoms with Crippen molar-refractivity contribution in [2.24, 2.45) is 0 Å². The van der Waals surface area contributed by atoms with Crippen molar-refractivity contribution in [1.29, 1.82) is 0 Å². The highest BCUT2D eigenvalue weighted by molar-refractivity contribution is 5.76. The van der Waals surface area contributed by atoms with Crippen molar-refractivity contribution in [3.8, 4) is 0 Å². The minimum atomic E-state index is -0.677. The van der Waals surface area contributed by atoms with Crippen molar-refractivity contribution in [2.75, 3.05) is 13.2 Å². The van der Waals surface area contributed by atoms with Crippen LogP contribution in [0.3, 0.4) is 0 Å². The Labute approximate surface area is 468 Å². The predicted molar refractivity (Wildman–Crippen MR) is 329 cm³/mol. The van der Waals surface area contributed by atoms with E-state index >= 15 is 0 Å². The summed E-state index contributed by atoms with van der Waals surface area (Å²) in [4.78, 5) is 24.6. The topological polar surface area (TPSA) is 95.9 Å². The van der Waals surface area contributed by atoms with Crippen molar-refractivity contribution < 1.29 is 24.5 Å². The van der Waals surface area contributed by atoms with Crippen LogP contribution < -0.4 is 5.32 Å². The molecule has 0 bridgehead atoms. The van der Waals surface area contributed by atoms with Crippen LogP contribution in [0, 0.1) is 0 Å². The summed E-state index contributed by atoms with van der Waals surface area (Å²) in [6, 6.07) is -0.556. The second-order valence-corrected chi connectivity index (χ2v) is 23.1. The number of amides is 1. The van der Waals surface area contributed by atoms with Crippen molar-refractivity contribution in [3.63, 3.8) is 0 Å². The minimum absolute atomic E-state index is 0.0221. The lowest BCUT2D eigenvalue weighted by Gasteiger charge is -2.22. The van der Waals surface area contributed by atoms with E-state index in [2.05, 4.69) is 55.6 Å². The molecule has 6 nitrogen and oxygen atoms in total. The Hall–Kier alpha value is -1.92. The third kappa shape index (κ3) is 61.2. The molecule has 0 spiro atoms. The van der Waals surface area contributed by atoms with Gasteiger partial charge in [-0.15, -0.1) is 0 Å². The molecule has 3 N–H and O–H groups in total. The van der Waals surface area contributed by atoms with Crippen LogP contribution in [-0.2, 0) is 14.3 Å². The molecular weight excluding hydrogens is 923 g/mol. The summed E-state index contributed by atoms with van der Waals surface area (Å²) in [5.41, 5.74) is 0. The standard InChI is InChI=1S/C69H131NO5/c1-3-5-7-9-11-13-15-17-19-21-22-23-24-25-26-27-28-30-33-37-41-45-49-53-57-61-67(72)66(65-71)70-68(73)62-58-54-50-46-42-38-34-31-29-32-36-40-44-48-52-56-60-64-75-69(74)63-59-55-51-47-43-39-35-20-18-16-14-12-10-8-6-4-2/h20,29,32,35,40,44,66-67,71-72H,3-19,21-28,30-31,33-34,36-39,41-43,45-65H2,1-2H3,(H,70,73)/b32-29-,35-20-,44-40-. The van der Waals surface area contributed by atoms with E-state index < -0.39 is 12.1 Å². The Morgan fingerprint density at radius 2 is 0.667 bits per heavy atom. The molecule has 0 aliphatic carbocycles. The van der Waals surface area contributed by atoms with E-state index in [9.17, 15) is 19.8 Å². The average molecular weight is 1050 g/mol. The number of esters is 1. The average Bonchev–Trinajstić information content (AvgIpc) is 3.41. The lowest BCUT2D eigenvalue weighted by molar-refractivity contribution is -0.143. The molecule has 2 unspecified atom stereocenters. The van der Waals surface area contributed by atoms with Crippen LogP contribution in [-0.4, -0.2) is 47.4 Å². The first-order chi connectivity index (χ1) is 37.0. The summed E-state index contributed by atoms with van der Waals surface area (Å²) >= 11 is 0. The maximum atomic E-state index is 12.5. The molecule has 0 aliphatic heterocycles. The van der Waals surface area contributed by atoms with E-state index in [1.807, 2.05) is 0 Å². The fraction of sp³-hybridized carbons (Fsp3) is 0.884. The van der Waals surface area contributed by atoms with Gasteiger partial charge in [0.2, 0.25) is 5.91 Å². The van der Waals surface area contributed by atoms with Gasteiger partial charge in [-0.25, -0.2) is 0 Å². The molecule has 0 aliphatic rings. The third-order valence-corrected chi connectivity index (χ3v) is 15.7. The number of carbonyl (C=O) groups excluding carboxylic acids is 2. The van der Waals surface area contributed by atoms with E-state index in [1.165, 1.54) is 250 Å². The van der Waals surface area contributed by atoms with Gasteiger partial charge in [-0.05, 0) is 89.9 Å². The smallest absolute Gasteiger partial charge is 0.305 e. The molecule has 6 heteroatoms. The number of hydrogen-bond acceptors (Lipinski definition) is 5. The highest BCUT2D eigenvalue weighted by atomic mass is 16.5. The van der Waals surface area contributed by atoms with Crippen LogP contribution in [0.15, 0.2) is 36.5 Å². The van der Waals surface area contributed by atoms with Gasteiger partial charge >= 0.3 is 5.97 Å². The number of allylic oxidation sites excluding steroid dienone is 6. The molecule has 0 rings (SSSR count). The molecule has 75 heavy (non-hydrogen) atoms. The normalized spacial score (nSPS) is 12.7. The van der Waals surface area contributed by atoms with E-state index in [-0.39, 0.29) is 18.5 Å². The number of nitrogens with one attached hydrogen (secondary N) is 1. The Kier molecular flexibility index (Phi) is 63.0. The van der Waals surface area contributed by atoms with Gasteiger partial charge in [0.15, 0.2) is 0 Å². The van der Waals surface area contributed by atoms with Crippen molar-refractivity contribution >= 4 is 11.9 Å². The van der Waals surface area contributed by atoms with Crippen LogP contribution >= 0.6 is 0 Å². The monoisotopic (exact) mass is 1050 g/mol. The summed E-state index contributed by atoms with van der Waals surface area (Å²) in [6.45, 7) is 4.93. The van der Waals surface area contributed by atoms with Crippen molar-refractivity contribution in [3.05, 3.63) is 36.5 Å². The maximum absolute atomic E-state index is 12.5. The van der Waals surface area contributed by atoms with Crippen molar-refractivity contribution in [1.82, 2.24) is 5.32 Å². The van der Waals surface area contributed by atoms with E-state index in [4.69, 9.17) is 4.74 Å². The first-order valence-electron chi connectivity index (χ1n) is 33.7. The quantitative estimate of drug-likeness (QED) is 0.0320. The van der Waals surface area contributed by atoms with Crippen LogP contribution in [0.1, 0.15) is 367 Å². The fourth-order valence-electron chi connectivity index (χ4n) is 10.5. The first-order valence-corrected chi connectivity index (χ1v) is 33.7. The van der Waals surface area contributed by atoms with E-state index in [1.54, 1.807) is 0 Å². The first kappa shape index (κ1) is 73.1. The van der Waals surface area contributed by atoms with Crippen molar-refractivity contribution in [2.45, 2.75) is 379 Å². The van der Waals surface area contributed by atoms with Gasteiger partial charge in [-0.3, -0.25) is 9.59 Å². The van der Waals surface area contributed by atoms with E-state index in [0.29, 0.717) is 25.9 Å². The van der Waals surface area contributed by atoms with Gasteiger partial charge < -0.3 is 20.3 Å². The molecule has 442 valence electrons. The maximum Gasteiger partial charge on any atom is 0.305 e. The van der Waals surface area contributed by atoms with Crippen LogP contribution in [0.5, 0.6) is 0 Å². The number of aliphatic hydroxyl groups excluding tert-OH is 2. The molecule has 1 amide bonds. The largest absolute Gasteiger partial charge is 0.466 e. The summed E-state index contributed by atoms with van der Waals surface area (Å²) < 4.78 is 5.46. The molecule has 0 heterocycles. The summed E-state index contributed by atoms with van der Waals surface area (Å²) in [7, 11) is 0. The minimum Gasteiger partial charge on any atom is -0.466 e. The summed E-state index contributed by atoms with van der Waals surface area (Å²) in [5.74, 6) is -0.0697. The zero-order valence-electron chi connectivity index (χ0n) is 50.5. The van der Waals surface area contributed by atoms with Gasteiger partial charge in [0.05, 0.1) is 25.4 Å². The molecule has 0 saturated carbocycles. The molecule has 0 aromatic heterocycles. The number of aliphatic hydroxyl groups is 2. The summed E-state index contributed by atoms with van der Waals surface area (Å²) in [5, 5.41) is 23.4. The Bertz CT molecular complexity index is 1210. The lowest BCUT2D eigenvalue weighted by Crippen LogP contribution is -2.45. The molecule has 0 fully saturated rings. The Morgan fingerprint density at radius 1 is 0.373 bits per heavy atom. The van der Waals surface area contributed by atoms with Crippen LogP contribution in [0.2, 0.25) is 0 Å². The Balaban J connectivity index is 3.48. The molecule has 2 atom stereocenters. The third-order valence-electron chi connectivity index (χ3n) is 15.7. The summed E-state index contributed by atoms with van der Waals surface area (Å²) in [6.07, 6.45) is 81.7. The number of unbranched alkanes of at least 4 members (excludes halogenated alkanes) is 46. The SMILES string of the molecule is CCCCCCCCC/C=C\CCCCCCCC(=O)OCCCCC/C=C\C/C=C\CCCCCCCCCC(=O)NC(CO)C(O)CCCCCCCCCCCCCCCCCCCCCCCCCCC. The highest BCUT2D eigenvalue weighted by Gasteiger charge is 2.20. The Morgan fingerprint density at radius 3 is 1.03 bits per heavy atom. The van der Waals surface area contributed by atoms with Gasteiger partial charge in [0.1, 0.15) is 0 Å². The number of hydrogen-bond donors (Lipinski definition) is 3. The van der Waals surface area contributed by atoms with Gasteiger partial charge in [0, 0.05) is 12.8 Å². The van der Waals surface area contributed by atoms with Gasteiger partial charge in [-0.1, -0.05) is 301 Å². The number of ether oxygens (including phenoxy) is 1.